The van der Waals surface area contributed by atoms with E-state index in [-0.39, 0.29) is 17.9 Å². The highest BCUT2D eigenvalue weighted by Gasteiger charge is 2.53. The Labute approximate surface area is 140 Å². The summed E-state index contributed by atoms with van der Waals surface area (Å²) in [6.07, 6.45) is 3.50. The number of fused-ring (bicyclic) bond motifs is 1. The van der Waals surface area contributed by atoms with Gasteiger partial charge in [0.15, 0.2) is 0 Å². The van der Waals surface area contributed by atoms with Gasteiger partial charge in [-0.15, -0.1) is 0 Å². The van der Waals surface area contributed by atoms with E-state index in [1.54, 1.807) is 0 Å². The van der Waals surface area contributed by atoms with E-state index in [9.17, 15) is 5.11 Å². The zero-order valence-electron chi connectivity index (χ0n) is 15.1. The number of aliphatic hydroxyl groups is 1. The summed E-state index contributed by atoms with van der Waals surface area (Å²) in [5.74, 6) is 1.24. The molecule has 2 aliphatic rings. The van der Waals surface area contributed by atoms with E-state index in [1.165, 1.54) is 12.8 Å². The minimum absolute atomic E-state index is 0.0203. The zero-order valence-corrected chi connectivity index (χ0v) is 15.1. The van der Waals surface area contributed by atoms with Crippen molar-refractivity contribution in [2.75, 3.05) is 7.05 Å². The molecular weight excluding hydrogens is 286 g/mol. The number of likely N-dealkylation sites (N-methyl/N-ethyl adjacent to an activating group) is 1. The van der Waals surface area contributed by atoms with E-state index in [2.05, 4.69) is 32.7 Å². The van der Waals surface area contributed by atoms with Crippen molar-refractivity contribution in [3.8, 4) is 0 Å². The van der Waals surface area contributed by atoms with Crippen molar-refractivity contribution in [2.45, 2.75) is 70.4 Å². The zero-order chi connectivity index (χ0) is 16.8. The van der Waals surface area contributed by atoms with Crippen molar-refractivity contribution in [1.82, 2.24) is 4.90 Å². The second kappa shape index (κ2) is 5.87. The minimum atomic E-state index is -1.03. The van der Waals surface area contributed by atoms with Crippen LogP contribution in [0.3, 0.4) is 0 Å². The molecule has 1 aromatic rings. The van der Waals surface area contributed by atoms with Crippen LogP contribution in [0.1, 0.15) is 52.5 Å². The lowest BCUT2D eigenvalue weighted by atomic mass is 9.69. The Bertz CT molecular complexity index is 540. The summed E-state index contributed by atoms with van der Waals surface area (Å²) < 4.78 is 6.50. The predicted molar refractivity (Wildman–Crippen MR) is 93.0 cm³/mol. The Hall–Kier alpha value is -0.900. The Kier molecular flexibility index (Phi) is 4.33. The van der Waals surface area contributed by atoms with Gasteiger partial charge in [0.25, 0.3) is 0 Å². The predicted octanol–water partition coefficient (Wildman–Crippen LogP) is 3.77. The maximum Gasteiger partial charge on any atom is 0.144 e. The molecule has 0 radical (unpaired) electrons. The average Bonchev–Trinajstić information content (AvgIpc) is 2.51. The first-order valence-corrected chi connectivity index (χ1v) is 8.91. The number of rotatable bonds is 2. The standard InChI is InChI=1S/C20H31NO2/c1-14-11-12-16-17(13-14)23-18(21(5)19(16,2)3)20(4,22)15-9-7-6-8-10-15/h6-10,14,16-18,22H,11-13H2,1-5H3/t14-,16-,17-,18+,20+/m1/s1. The van der Waals surface area contributed by atoms with Gasteiger partial charge in [0.2, 0.25) is 0 Å². The summed E-state index contributed by atoms with van der Waals surface area (Å²) in [5, 5.41) is 11.3. The molecule has 2 fully saturated rings. The molecule has 1 aromatic carbocycles. The summed E-state index contributed by atoms with van der Waals surface area (Å²) in [6, 6.07) is 9.90. The van der Waals surface area contributed by atoms with Gasteiger partial charge in [0.1, 0.15) is 11.8 Å². The number of benzene rings is 1. The van der Waals surface area contributed by atoms with Crippen LogP contribution in [0.2, 0.25) is 0 Å². The van der Waals surface area contributed by atoms with Crippen LogP contribution in [0, 0.1) is 11.8 Å². The van der Waals surface area contributed by atoms with Crippen LogP contribution < -0.4 is 0 Å². The molecule has 23 heavy (non-hydrogen) atoms. The first kappa shape index (κ1) is 16.9. The van der Waals surface area contributed by atoms with Gasteiger partial charge in [0.05, 0.1) is 6.10 Å². The molecule has 1 heterocycles. The molecule has 1 aliphatic heterocycles. The Morgan fingerprint density at radius 1 is 1.22 bits per heavy atom. The van der Waals surface area contributed by atoms with E-state index in [0.717, 1.165) is 12.0 Å². The normalized spacial score (nSPS) is 37.0. The maximum absolute atomic E-state index is 11.3. The second-order valence-corrected chi connectivity index (χ2v) is 8.33. The number of ether oxygens (including phenoxy) is 1. The molecule has 1 aliphatic carbocycles. The molecule has 0 unspecified atom stereocenters. The molecule has 0 bridgehead atoms. The molecule has 1 N–H and O–H groups in total. The smallest absolute Gasteiger partial charge is 0.144 e. The lowest BCUT2D eigenvalue weighted by molar-refractivity contribution is -0.279. The second-order valence-electron chi connectivity index (χ2n) is 8.33. The SMILES string of the molecule is C[C@@H]1CC[C@@H]2[C@@H](C1)O[C@@H]([C@@](C)(O)c1ccccc1)N(C)C2(C)C. The quantitative estimate of drug-likeness (QED) is 0.901. The molecule has 128 valence electrons. The topological polar surface area (TPSA) is 32.7 Å². The molecule has 5 atom stereocenters. The highest BCUT2D eigenvalue weighted by Crippen LogP contribution is 2.47. The van der Waals surface area contributed by atoms with Crippen LogP contribution in [0.25, 0.3) is 0 Å². The van der Waals surface area contributed by atoms with Crippen molar-refractivity contribution >= 4 is 0 Å². The number of nitrogens with zero attached hydrogens (tertiary/aromatic N) is 1. The van der Waals surface area contributed by atoms with Gasteiger partial charge in [0, 0.05) is 11.5 Å². The maximum atomic E-state index is 11.3. The lowest BCUT2D eigenvalue weighted by Gasteiger charge is -2.58. The van der Waals surface area contributed by atoms with Crippen molar-refractivity contribution in [1.29, 1.82) is 0 Å². The van der Waals surface area contributed by atoms with E-state index in [0.29, 0.717) is 11.8 Å². The highest BCUT2D eigenvalue weighted by molar-refractivity contribution is 5.23. The fraction of sp³-hybridized carbons (Fsp3) is 0.700. The third-order valence-corrected chi connectivity index (χ3v) is 6.36. The van der Waals surface area contributed by atoms with Crippen LogP contribution in [-0.4, -0.2) is 34.9 Å². The van der Waals surface area contributed by atoms with Gasteiger partial charge in [-0.3, -0.25) is 4.90 Å². The molecular formula is C20H31NO2. The van der Waals surface area contributed by atoms with Crippen molar-refractivity contribution < 1.29 is 9.84 Å². The van der Waals surface area contributed by atoms with Gasteiger partial charge in [-0.2, -0.15) is 0 Å². The largest absolute Gasteiger partial charge is 0.381 e. The third-order valence-electron chi connectivity index (χ3n) is 6.36. The van der Waals surface area contributed by atoms with Gasteiger partial charge in [-0.1, -0.05) is 43.7 Å². The monoisotopic (exact) mass is 317 g/mol. The Balaban J connectivity index is 1.93. The van der Waals surface area contributed by atoms with Crippen LogP contribution in [0.5, 0.6) is 0 Å². The fourth-order valence-electron chi connectivity index (χ4n) is 4.54. The summed E-state index contributed by atoms with van der Waals surface area (Å²) in [7, 11) is 2.09. The van der Waals surface area contributed by atoms with E-state index < -0.39 is 5.60 Å². The van der Waals surface area contributed by atoms with Gasteiger partial charge >= 0.3 is 0 Å². The fourth-order valence-corrected chi connectivity index (χ4v) is 4.54. The van der Waals surface area contributed by atoms with Gasteiger partial charge in [-0.25, -0.2) is 0 Å². The molecule has 0 aromatic heterocycles. The lowest BCUT2D eigenvalue weighted by Crippen LogP contribution is -2.67. The number of hydrogen-bond acceptors (Lipinski definition) is 3. The molecule has 1 saturated carbocycles. The molecule has 0 spiro atoms. The van der Waals surface area contributed by atoms with Crippen LogP contribution in [0.4, 0.5) is 0 Å². The average molecular weight is 317 g/mol. The molecule has 1 saturated heterocycles. The van der Waals surface area contributed by atoms with Crippen LogP contribution >= 0.6 is 0 Å². The molecule has 3 heteroatoms. The summed E-state index contributed by atoms with van der Waals surface area (Å²) in [5.41, 5.74) is -0.0965. The van der Waals surface area contributed by atoms with Crippen LogP contribution in [-0.2, 0) is 10.3 Å². The Morgan fingerprint density at radius 2 is 1.87 bits per heavy atom. The van der Waals surface area contributed by atoms with Crippen molar-refractivity contribution in [2.24, 2.45) is 11.8 Å². The number of hydrogen-bond donors (Lipinski definition) is 1. The first-order chi connectivity index (χ1) is 10.7. The van der Waals surface area contributed by atoms with E-state index in [4.69, 9.17) is 4.74 Å². The molecule has 0 amide bonds. The van der Waals surface area contributed by atoms with Crippen molar-refractivity contribution in [3.05, 3.63) is 35.9 Å². The van der Waals surface area contributed by atoms with E-state index in [1.807, 2.05) is 37.3 Å². The molecule has 3 nitrogen and oxygen atoms in total. The minimum Gasteiger partial charge on any atom is -0.381 e. The van der Waals surface area contributed by atoms with Crippen LogP contribution in [0.15, 0.2) is 30.3 Å². The van der Waals surface area contributed by atoms with Gasteiger partial charge in [-0.05, 0) is 52.1 Å². The summed E-state index contributed by atoms with van der Waals surface area (Å²) in [6.45, 7) is 8.80. The first-order valence-electron chi connectivity index (χ1n) is 8.91. The molecule has 3 rings (SSSR count). The summed E-state index contributed by atoms with van der Waals surface area (Å²) in [4.78, 5) is 2.25. The highest BCUT2D eigenvalue weighted by atomic mass is 16.5. The van der Waals surface area contributed by atoms with Crippen molar-refractivity contribution in [3.63, 3.8) is 0 Å². The Morgan fingerprint density at radius 3 is 2.52 bits per heavy atom. The third kappa shape index (κ3) is 2.84. The van der Waals surface area contributed by atoms with E-state index >= 15 is 0 Å². The summed E-state index contributed by atoms with van der Waals surface area (Å²) >= 11 is 0. The van der Waals surface area contributed by atoms with Gasteiger partial charge < -0.3 is 9.84 Å².